The third kappa shape index (κ3) is 2.49. The molecule has 1 unspecified atom stereocenters. The molecule has 17 heavy (non-hydrogen) atoms. The number of hydrogen-bond acceptors (Lipinski definition) is 2. The molecule has 0 radical (unpaired) electrons. The molecule has 0 fully saturated rings. The summed E-state index contributed by atoms with van der Waals surface area (Å²) in [5, 5.41) is 0.918. The quantitative estimate of drug-likeness (QED) is 0.820. The smallest absolute Gasteiger partial charge is 0.338 e. The number of H-pyrrole nitrogens is 1. The van der Waals surface area contributed by atoms with Gasteiger partial charge in [-0.15, -0.1) is 0 Å². The standard InChI is InChI=1S/C14H17NO2/c1-3-10(2)9-17-14(16)12-5-4-6-13-11(12)7-8-15-13/h4-8,10,15H,3,9H2,1-2H3. The minimum atomic E-state index is -0.240. The van der Waals surface area contributed by atoms with Gasteiger partial charge in [-0.05, 0) is 24.1 Å². The van der Waals surface area contributed by atoms with E-state index in [0.717, 1.165) is 17.3 Å². The van der Waals surface area contributed by atoms with Crippen molar-refractivity contribution >= 4 is 16.9 Å². The molecule has 1 N–H and O–H groups in total. The monoisotopic (exact) mass is 231 g/mol. The summed E-state index contributed by atoms with van der Waals surface area (Å²) in [4.78, 5) is 15.0. The lowest BCUT2D eigenvalue weighted by Gasteiger charge is -2.10. The Morgan fingerprint density at radius 1 is 1.41 bits per heavy atom. The molecule has 3 heteroatoms. The van der Waals surface area contributed by atoms with Gasteiger partial charge in [-0.1, -0.05) is 26.3 Å². The number of rotatable bonds is 4. The highest BCUT2D eigenvalue weighted by Gasteiger charge is 2.12. The van der Waals surface area contributed by atoms with Crippen molar-refractivity contribution in [2.45, 2.75) is 20.3 Å². The number of benzene rings is 1. The third-order valence-corrected chi connectivity index (χ3v) is 3.01. The number of aromatic nitrogens is 1. The van der Waals surface area contributed by atoms with Crippen LogP contribution in [0.4, 0.5) is 0 Å². The van der Waals surface area contributed by atoms with Gasteiger partial charge in [0.2, 0.25) is 0 Å². The molecule has 0 spiro atoms. The van der Waals surface area contributed by atoms with E-state index in [4.69, 9.17) is 4.74 Å². The minimum Gasteiger partial charge on any atom is -0.462 e. The number of esters is 1. The van der Waals surface area contributed by atoms with E-state index in [1.807, 2.05) is 24.4 Å². The van der Waals surface area contributed by atoms with Crippen molar-refractivity contribution in [3.63, 3.8) is 0 Å². The van der Waals surface area contributed by atoms with Crippen molar-refractivity contribution in [3.8, 4) is 0 Å². The van der Waals surface area contributed by atoms with Gasteiger partial charge in [0.05, 0.1) is 12.2 Å². The molecule has 90 valence electrons. The van der Waals surface area contributed by atoms with Crippen LogP contribution in [0.25, 0.3) is 10.9 Å². The van der Waals surface area contributed by atoms with Gasteiger partial charge >= 0.3 is 5.97 Å². The molecule has 1 heterocycles. The molecule has 2 rings (SSSR count). The Kier molecular flexibility index (Phi) is 3.47. The predicted octanol–water partition coefficient (Wildman–Crippen LogP) is 3.37. The second kappa shape index (κ2) is 5.04. The first-order valence-corrected chi connectivity index (χ1v) is 5.95. The first-order chi connectivity index (χ1) is 8.22. The van der Waals surface area contributed by atoms with E-state index in [1.165, 1.54) is 0 Å². The molecule has 0 aliphatic rings. The molecule has 3 nitrogen and oxygen atoms in total. The molecule has 1 atom stereocenters. The number of fused-ring (bicyclic) bond motifs is 1. The molecule has 0 aliphatic carbocycles. The average Bonchev–Trinajstić information content (AvgIpc) is 2.83. The number of ether oxygens (including phenoxy) is 1. The maximum Gasteiger partial charge on any atom is 0.338 e. The lowest BCUT2D eigenvalue weighted by atomic mass is 10.1. The molecule has 0 bridgehead atoms. The summed E-state index contributed by atoms with van der Waals surface area (Å²) in [7, 11) is 0. The van der Waals surface area contributed by atoms with Crippen LogP contribution in [0.5, 0.6) is 0 Å². The summed E-state index contributed by atoms with van der Waals surface area (Å²) in [5.74, 6) is 0.167. The van der Waals surface area contributed by atoms with Crippen LogP contribution < -0.4 is 0 Å². The Labute approximate surface area is 101 Å². The van der Waals surface area contributed by atoms with Crippen molar-refractivity contribution in [1.82, 2.24) is 4.98 Å². The van der Waals surface area contributed by atoms with Gasteiger partial charge in [0.1, 0.15) is 0 Å². The maximum atomic E-state index is 11.9. The topological polar surface area (TPSA) is 42.1 Å². The van der Waals surface area contributed by atoms with Crippen LogP contribution in [-0.2, 0) is 4.74 Å². The van der Waals surface area contributed by atoms with Gasteiger partial charge in [-0.3, -0.25) is 0 Å². The molecule has 0 saturated heterocycles. The highest BCUT2D eigenvalue weighted by molar-refractivity contribution is 6.03. The Morgan fingerprint density at radius 2 is 2.24 bits per heavy atom. The second-order valence-electron chi connectivity index (χ2n) is 4.36. The Hall–Kier alpha value is -1.77. The van der Waals surface area contributed by atoms with Gasteiger partial charge in [0, 0.05) is 17.1 Å². The molecule has 1 aromatic carbocycles. The minimum absolute atomic E-state index is 0.240. The lowest BCUT2D eigenvalue weighted by Crippen LogP contribution is -2.11. The van der Waals surface area contributed by atoms with E-state index in [9.17, 15) is 4.79 Å². The van der Waals surface area contributed by atoms with E-state index in [1.54, 1.807) is 6.07 Å². The summed E-state index contributed by atoms with van der Waals surface area (Å²) in [6, 6.07) is 7.50. The Balaban J connectivity index is 2.16. The van der Waals surface area contributed by atoms with E-state index < -0.39 is 0 Å². The predicted molar refractivity (Wildman–Crippen MR) is 68.0 cm³/mol. The number of aromatic amines is 1. The van der Waals surface area contributed by atoms with Gasteiger partial charge in [0.15, 0.2) is 0 Å². The molecule has 0 amide bonds. The summed E-state index contributed by atoms with van der Waals surface area (Å²) < 4.78 is 5.31. The highest BCUT2D eigenvalue weighted by Crippen LogP contribution is 2.18. The molecular weight excluding hydrogens is 214 g/mol. The van der Waals surface area contributed by atoms with Gasteiger partial charge in [0.25, 0.3) is 0 Å². The van der Waals surface area contributed by atoms with Crippen LogP contribution in [-0.4, -0.2) is 17.6 Å². The lowest BCUT2D eigenvalue weighted by molar-refractivity contribution is 0.0449. The average molecular weight is 231 g/mol. The van der Waals surface area contributed by atoms with Crippen LogP contribution >= 0.6 is 0 Å². The molecule has 2 aromatic rings. The van der Waals surface area contributed by atoms with Crippen LogP contribution in [0.15, 0.2) is 30.5 Å². The van der Waals surface area contributed by atoms with E-state index in [0.29, 0.717) is 18.1 Å². The van der Waals surface area contributed by atoms with Crippen LogP contribution in [0, 0.1) is 5.92 Å². The molecule has 0 aliphatic heterocycles. The zero-order valence-electron chi connectivity index (χ0n) is 10.2. The van der Waals surface area contributed by atoms with Gasteiger partial charge in [-0.25, -0.2) is 4.79 Å². The van der Waals surface area contributed by atoms with Crippen molar-refractivity contribution in [2.24, 2.45) is 5.92 Å². The number of hydrogen-bond donors (Lipinski definition) is 1. The third-order valence-electron chi connectivity index (χ3n) is 3.01. The van der Waals surface area contributed by atoms with Crippen molar-refractivity contribution in [2.75, 3.05) is 6.61 Å². The maximum absolute atomic E-state index is 11.9. The van der Waals surface area contributed by atoms with Crippen molar-refractivity contribution in [3.05, 3.63) is 36.0 Å². The van der Waals surface area contributed by atoms with Crippen molar-refractivity contribution in [1.29, 1.82) is 0 Å². The first-order valence-electron chi connectivity index (χ1n) is 5.95. The number of nitrogens with one attached hydrogen (secondary N) is 1. The first kappa shape index (κ1) is 11.7. The fourth-order valence-corrected chi connectivity index (χ4v) is 1.68. The molecule has 1 aromatic heterocycles. The second-order valence-corrected chi connectivity index (χ2v) is 4.36. The fraction of sp³-hybridized carbons (Fsp3) is 0.357. The summed E-state index contributed by atoms with van der Waals surface area (Å²) in [5.41, 5.74) is 1.59. The van der Waals surface area contributed by atoms with E-state index in [2.05, 4.69) is 18.8 Å². The van der Waals surface area contributed by atoms with Gasteiger partial charge in [-0.2, -0.15) is 0 Å². The molecule has 0 saturated carbocycles. The summed E-state index contributed by atoms with van der Waals surface area (Å²) in [6.45, 7) is 4.64. The zero-order valence-corrected chi connectivity index (χ0v) is 10.2. The van der Waals surface area contributed by atoms with E-state index >= 15 is 0 Å². The Bertz CT molecular complexity index is 516. The Morgan fingerprint density at radius 3 is 3.00 bits per heavy atom. The molecular formula is C14H17NO2. The zero-order chi connectivity index (χ0) is 12.3. The largest absolute Gasteiger partial charge is 0.462 e. The van der Waals surface area contributed by atoms with Crippen LogP contribution in [0.2, 0.25) is 0 Å². The highest BCUT2D eigenvalue weighted by atomic mass is 16.5. The van der Waals surface area contributed by atoms with Crippen LogP contribution in [0.1, 0.15) is 30.6 Å². The van der Waals surface area contributed by atoms with E-state index in [-0.39, 0.29) is 5.97 Å². The summed E-state index contributed by atoms with van der Waals surface area (Å²) >= 11 is 0. The van der Waals surface area contributed by atoms with Crippen LogP contribution in [0.3, 0.4) is 0 Å². The number of carbonyl (C=O) groups excluding carboxylic acids is 1. The van der Waals surface area contributed by atoms with Gasteiger partial charge < -0.3 is 9.72 Å². The fourth-order valence-electron chi connectivity index (χ4n) is 1.68. The summed E-state index contributed by atoms with van der Waals surface area (Å²) in [6.07, 6.45) is 2.84. The van der Waals surface area contributed by atoms with Crippen molar-refractivity contribution < 1.29 is 9.53 Å². The SMILES string of the molecule is CCC(C)COC(=O)c1cccc2[nH]ccc12. The number of carbonyl (C=O) groups is 1. The normalized spacial score (nSPS) is 12.6.